The number of benzene rings is 3. The molecule has 0 amide bonds. The Labute approximate surface area is 178 Å². The number of aliphatic imine (C=N–C) groups is 1. The highest BCUT2D eigenvalue weighted by Crippen LogP contribution is 2.20. The highest BCUT2D eigenvalue weighted by molar-refractivity contribution is 6.00. The molecular weight excluding hydrogens is 374 g/mol. The molecule has 0 aliphatic carbocycles. The van der Waals surface area contributed by atoms with Crippen molar-refractivity contribution < 1.29 is 9.68 Å². The van der Waals surface area contributed by atoms with Crippen molar-refractivity contribution in [2.24, 2.45) is 10.1 Å². The van der Waals surface area contributed by atoms with Crippen LogP contribution in [0.4, 0.5) is 0 Å². The monoisotopic (exact) mass is 401 g/mol. The van der Waals surface area contributed by atoms with Crippen molar-refractivity contribution in [1.82, 2.24) is 5.48 Å². The molecular formula is C25H27N3O2. The number of hydrogen-bond acceptors (Lipinski definition) is 4. The van der Waals surface area contributed by atoms with Gasteiger partial charge in [0.2, 0.25) is 0 Å². The SMILES string of the molecule is CN=C(NOC)c1cccc(C)c1CO/N=C(\C)c1ccc(-c2ccccc2)cc1. The van der Waals surface area contributed by atoms with E-state index in [1.54, 1.807) is 14.2 Å². The molecule has 154 valence electrons. The van der Waals surface area contributed by atoms with E-state index >= 15 is 0 Å². The lowest BCUT2D eigenvalue weighted by Crippen LogP contribution is -2.24. The molecule has 3 aromatic rings. The Hall–Kier alpha value is -3.44. The quantitative estimate of drug-likeness (QED) is 0.339. The molecule has 0 aromatic heterocycles. The van der Waals surface area contributed by atoms with Gasteiger partial charge < -0.3 is 4.84 Å². The van der Waals surface area contributed by atoms with Crippen LogP contribution >= 0.6 is 0 Å². The number of nitrogens with one attached hydrogen (secondary N) is 1. The fourth-order valence-electron chi connectivity index (χ4n) is 3.21. The van der Waals surface area contributed by atoms with Crippen molar-refractivity contribution in [2.75, 3.05) is 14.2 Å². The molecule has 0 saturated carbocycles. The summed E-state index contributed by atoms with van der Waals surface area (Å²) in [7, 11) is 3.28. The Morgan fingerprint density at radius 2 is 1.60 bits per heavy atom. The van der Waals surface area contributed by atoms with Gasteiger partial charge in [0.15, 0.2) is 5.84 Å². The Kier molecular flexibility index (Phi) is 7.35. The van der Waals surface area contributed by atoms with Crippen molar-refractivity contribution >= 4 is 11.5 Å². The fraction of sp³-hybridized carbons (Fsp3) is 0.200. The summed E-state index contributed by atoms with van der Waals surface area (Å²) < 4.78 is 0. The Bertz CT molecular complexity index is 1030. The third-order valence-electron chi connectivity index (χ3n) is 4.91. The largest absolute Gasteiger partial charge is 0.391 e. The van der Waals surface area contributed by atoms with Crippen LogP contribution in [0.15, 0.2) is 82.9 Å². The van der Waals surface area contributed by atoms with Gasteiger partial charge in [-0.3, -0.25) is 9.83 Å². The number of aryl methyl sites for hydroxylation is 1. The van der Waals surface area contributed by atoms with Gasteiger partial charge in [-0.25, -0.2) is 5.48 Å². The van der Waals surface area contributed by atoms with Crippen molar-refractivity contribution in [1.29, 1.82) is 0 Å². The molecule has 0 atom stereocenters. The van der Waals surface area contributed by atoms with Gasteiger partial charge in [0.1, 0.15) is 6.61 Å². The van der Waals surface area contributed by atoms with Gasteiger partial charge in [0, 0.05) is 18.2 Å². The molecule has 0 aliphatic heterocycles. The van der Waals surface area contributed by atoms with Crippen LogP contribution in [0.2, 0.25) is 0 Å². The summed E-state index contributed by atoms with van der Waals surface area (Å²) in [6, 6.07) is 24.7. The molecule has 30 heavy (non-hydrogen) atoms. The van der Waals surface area contributed by atoms with E-state index < -0.39 is 0 Å². The molecule has 0 spiro atoms. The lowest BCUT2D eigenvalue weighted by molar-refractivity contribution is 0.129. The van der Waals surface area contributed by atoms with E-state index in [4.69, 9.17) is 9.68 Å². The average Bonchev–Trinajstić information content (AvgIpc) is 2.79. The number of rotatable bonds is 7. The second kappa shape index (κ2) is 10.4. The molecule has 1 N–H and O–H groups in total. The second-order valence-electron chi connectivity index (χ2n) is 6.87. The predicted octanol–water partition coefficient (Wildman–Crippen LogP) is 5.13. The van der Waals surface area contributed by atoms with Crippen molar-refractivity contribution in [3.05, 3.63) is 95.1 Å². The topological polar surface area (TPSA) is 55.2 Å². The summed E-state index contributed by atoms with van der Waals surface area (Å²) >= 11 is 0. The minimum atomic E-state index is 0.339. The number of nitrogens with zero attached hydrogens (tertiary/aromatic N) is 2. The first-order chi connectivity index (χ1) is 14.6. The fourth-order valence-corrected chi connectivity index (χ4v) is 3.21. The van der Waals surface area contributed by atoms with Gasteiger partial charge in [-0.1, -0.05) is 78.0 Å². The normalized spacial score (nSPS) is 12.0. The third-order valence-corrected chi connectivity index (χ3v) is 4.91. The Morgan fingerprint density at radius 3 is 2.27 bits per heavy atom. The minimum Gasteiger partial charge on any atom is -0.391 e. The van der Waals surface area contributed by atoms with Crippen LogP contribution in [0.3, 0.4) is 0 Å². The molecule has 0 radical (unpaired) electrons. The van der Waals surface area contributed by atoms with Crippen molar-refractivity contribution in [3.63, 3.8) is 0 Å². The van der Waals surface area contributed by atoms with Gasteiger partial charge in [0.05, 0.1) is 12.8 Å². The predicted molar refractivity (Wildman–Crippen MR) is 123 cm³/mol. The summed E-state index contributed by atoms with van der Waals surface area (Å²) in [5, 5.41) is 4.33. The molecule has 3 rings (SSSR count). The summed E-state index contributed by atoms with van der Waals surface area (Å²) in [5.41, 5.74) is 10.1. The Morgan fingerprint density at radius 1 is 0.900 bits per heavy atom. The maximum atomic E-state index is 5.71. The molecule has 0 saturated heterocycles. The molecule has 0 heterocycles. The molecule has 3 aromatic carbocycles. The van der Waals surface area contributed by atoms with Crippen LogP contribution in [-0.4, -0.2) is 25.7 Å². The van der Waals surface area contributed by atoms with Crippen LogP contribution in [0, 0.1) is 6.92 Å². The lowest BCUT2D eigenvalue weighted by Gasteiger charge is -2.14. The highest BCUT2D eigenvalue weighted by Gasteiger charge is 2.12. The summed E-state index contributed by atoms with van der Waals surface area (Å²) in [4.78, 5) is 15.0. The number of amidine groups is 1. The first kappa shape index (κ1) is 21.3. The van der Waals surface area contributed by atoms with E-state index in [9.17, 15) is 0 Å². The van der Waals surface area contributed by atoms with E-state index in [0.717, 1.165) is 28.0 Å². The van der Waals surface area contributed by atoms with Gasteiger partial charge in [-0.15, -0.1) is 0 Å². The first-order valence-electron chi connectivity index (χ1n) is 9.81. The van der Waals surface area contributed by atoms with E-state index in [1.165, 1.54) is 11.1 Å². The van der Waals surface area contributed by atoms with E-state index in [2.05, 4.69) is 52.0 Å². The molecule has 0 fully saturated rings. The van der Waals surface area contributed by atoms with E-state index in [-0.39, 0.29) is 0 Å². The van der Waals surface area contributed by atoms with Crippen LogP contribution in [0.5, 0.6) is 0 Å². The zero-order valence-electron chi connectivity index (χ0n) is 17.8. The maximum absolute atomic E-state index is 5.71. The van der Waals surface area contributed by atoms with Crippen LogP contribution in [0.25, 0.3) is 11.1 Å². The summed E-state index contributed by atoms with van der Waals surface area (Å²) in [6.45, 7) is 4.33. The standard InChI is InChI=1S/C25H27N3O2/c1-18-9-8-12-23(25(26-3)28-29-4)24(18)17-30-27-19(2)20-13-15-22(16-14-20)21-10-6-5-7-11-21/h5-16H,17H2,1-4H3,(H,26,28)/b27-19+. The molecule has 0 aliphatic rings. The minimum absolute atomic E-state index is 0.339. The van der Waals surface area contributed by atoms with Crippen LogP contribution in [-0.2, 0) is 16.3 Å². The number of hydroxylamine groups is 1. The highest BCUT2D eigenvalue weighted by atomic mass is 16.6. The Balaban J connectivity index is 1.73. The molecule has 0 bridgehead atoms. The zero-order chi connectivity index (χ0) is 21.3. The zero-order valence-corrected chi connectivity index (χ0v) is 17.8. The molecule has 5 nitrogen and oxygen atoms in total. The average molecular weight is 402 g/mol. The van der Waals surface area contributed by atoms with Crippen molar-refractivity contribution in [3.8, 4) is 11.1 Å². The van der Waals surface area contributed by atoms with Gasteiger partial charge in [-0.05, 0) is 36.1 Å². The van der Waals surface area contributed by atoms with Gasteiger partial charge in [0.25, 0.3) is 0 Å². The first-order valence-corrected chi connectivity index (χ1v) is 9.81. The van der Waals surface area contributed by atoms with Crippen LogP contribution < -0.4 is 5.48 Å². The lowest BCUT2D eigenvalue weighted by atomic mass is 10.0. The van der Waals surface area contributed by atoms with Gasteiger partial charge in [-0.2, -0.15) is 0 Å². The smallest absolute Gasteiger partial charge is 0.152 e. The number of oxime groups is 1. The third kappa shape index (κ3) is 5.13. The number of hydrogen-bond donors (Lipinski definition) is 1. The summed E-state index contributed by atoms with van der Waals surface area (Å²) in [5.74, 6) is 0.650. The molecule has 5 heteroatoms. The van der Waals surface area contributed by atoms with Gasteiger partial charge >= 0.3 is 0 Å². The maximum Gasteiger partial charge on any atom is 0.152 e. The second-order valence-corrected chi connectivity index (χ2v) is 6.87. The van der Waals surface area contributed by atoms with E-state index in [1.807, 2.05) is 50.2 Å². The van der Waals surface area contributed by atoms with E-state index in [0.29, 0.717) is 12.4 Å². The van der Waals surface area contributed by atoms with Crippen molar-refractivity contribution in [2.45, 2.75) is 20.5 Å². The van der Waals surface area contributed by atoms with Crippen LogP contribution in [0.1, 0.15) is 29.2 Å². The summed E-state index contributed by atoms with van der Waals surface area (Å²) in [6.07, 6.45) is 0. The molecule has 0 unspecified atom stereocenters.